The zero-order valence-corrected chi connectivity index (χ0v) is 8.55. The number of hydrogen-bond acceptors (Lipinski definition) is 2. The third-order valence-electron chi connectivity index (χ3n) is 2.81. The maximum absolute atomic E-state index is 12.0. The molecular formula is C11H12ClNO. The lowest BCUT2D eigenvalue weighted by Gasteiger charge is -2.10. The number of nitrogens with two attached hydrogens (primary N) is 1. The minimum Gasteiger partial charge on any atom is -0.329 e. The molecule has 14 heavy (non-hydrogen) atoms. The molecule has 1 aromatic carbocycles. The Bertz CT molecular complexity index is 371. The predicted molar refractivity (Wildman–Crippen MR) is 56.5 cm³/mol. The topological polar surface area (TPSA) is 43.1 Å². The van der Waals surface area contributed by atoms with Gasteiger partial charge in [0.2, 0.25) is 0 Å². The van der Waals surface area contributed by atoms with Gasteiger partial charge >= 0.3 is 0 Å². The van der Waals surface area contributed by atoms with Crippen molar-refractivity contribution in [1.29, 1.82) is 0 Å². The SMILES string of the molecule is NCC1(C(=O)c2cccc(Cl)c2)CC1. The van der Waals surface area contributed by atoms with Crippen molar-refractivity contribution in [3.05, 3.63) is 34.9 Å². The molecule has 0 unspecified atom stereocenters. The van der Waals surface area contributed by atoms with Gasteiger partial charge in [-0.15, -0.1) is 0 Å². The summed E-state index contributed by atoms with van der Waals surface area (Å²) in [6.07, 6.45) is 1.82. The standard InChI is InChI=1S/C11H12ClNO/c12-9-3-1-2-8(6-9)10(14)11(7-13)4-5-11/h1-3,6H,4-5,7,13H2. The molecule has 0 aromatic heterocycles. The third kappa shape index (κ3) is 1.56. The molecule has 0 radical (unpaired) electrons. The quantitative estimate of drug-likeness (QED) is 0.777. The van der Waals surface area contributed by atoms with Crippen molar-refractivity contribution in [2.24, 2.45) is 11.1 Å². The molecule has 1 aliphatic carbocycles. The van der Waals surface area contributed by atoms with Crippen LogP contribution in [0, 0.1) is 5.41 Å². The van der Waals surface area contributed by atoms with Crippen molar-refractivity contribution in [3.63, 3.8) is 0 Å². The average molecular weight is 210 g/mol. The highest BCUT2D eigenvalue weighted by Crippen LogP contribution is 2.47. The van der Waals surface area contributed by atoms with Crippen LogP contribution < -0.4 is 5.73 Å². The molecule has 0 saturated heterocycles. The van der Waals surface area contributed by atoms with Crippen LogP contribution in [0.4, 0.5) is 0 Å². The Morgan fingerprint density at radius 2 is 2.21 bits per heavy atom. The first-order valence-electron chi connectivity index (χ1n) is 4.68. The van der Waals surface area contributed by atoms with E-state index in [-0.39, 0.29) is 11.2 Å². The summed E-state index contributed by atoms with van der Waals surface area (Å²) in [4.78, 5) is 12.0. The van der Waals surface area contributed by atoms with Crippen LogP contribution >= 0.6 is 11.6 Å². The van der Waals surface area contributed by atoms with Gasteiger partial charge < -0.3 is 5.73 Å². The number of halogens is 1. The summed E-state index contributed by atoms with van der Waals surface area (Å²) in [6.45, 7) is 0.443. The van der Waals surface area contributed by atoms with Gasteiger partial charge in [-0.3, -0.25) is 4.79 Å². The predicted octanol–water partition coefficient (Wildman–Crippen LogP) is 2.26. The van der Waals surface area contributed by atoms with Crippen LogP contribution in [0.25, 0.3) is 0 Å². The third-order valence-corrected chi connectivity index (χ3v) is 3.05. The smallest absolute Gasteiger partial charge is 0.170 e. The first kappa shape index (κ1) is 9.69. The lowest BCUT2D eigenvalue weighted by atomic mass is 9.95. The van der Waals surface area contributed by atoms with Crippen LogP contribution in [0.5, 0.6) is 0 Å². The molecule has 3 heteroatoms. The van der Waals surface area contributed by atoms with E-state index in [9.17, 15) is 4.79 Å². The van der Waals surface area contributed by atoms with Crippen LogP contribution in [0.15, 0.2) is 24.3 Å². The molecule has 1 saturated carbocycles. The van der Waals surface area contributed by atoms with Gasteiger partial charge in [0.15, 0.2) is 5.78 Å². The summed E-state index contributed by atoms with van der Waals surface area (Å²) in [5.74, 6) is 0.141. The number of carbonyl (C=O) groups excluding carboxylic acids is 1. The highest BCUT2D eigenvalue weighted by molar-refractivity contribution is 6.31. The van der Waals surface area contributed by atoms with E-state index in [1.54, 1.807) is 24.3 Å². The first-order valence-corrected chi connectivity index (χ1v) is 5.06. The lowest BCUT2D eigenvalue weighted by Crippen LogP contribution is -2.25. The van der Waals surface area contributed by atoms with Crippen LogP contribution in [0.3, 0.4) is 0 Å². The number of rotatable bonds is 3. The highest BCUT2D eigenvalue weighted by Gasteiger charge is 2.48. The van der Waals surface area contributed by atoms with Crippen LogP contribution in [-0.4, -0.2) is 12.3 Å². The molecule has 0 amide bonds. The molecule has 1 aliphatic rings. The Hall–Kier alpha value is -0.860. The van der Waals surface area contributed by atoms with E-state index in [4.69, 9.17) is 17.3 Å². The maximum atomic E-state index is 12.0. The minimum absolute atomic E-state index is 0.141. The minimum atomic E-state index is -0.273. The Balaban J connectivity index is 2.28. The second kappa shape index (κ2) is 3.37. The molecule has 74 valence electrons. The number of Topliss-reactive ketones (excluding diaryl/α,β-unsaturated/α-hetero) is 1. The van der Waals surface area contributed by atoms with Gasteiger partial charge in [-0.25, -0.2) is 0 Å². The second-order valence-corrected chi connectivity index (χ2v) is 4.26. The summed E-state index contributed by atoms with van der Waals surface area (Å²) in [5, 5.41) is 0.601. The normalized spacial score (nSPS) is 17.9. The molecule has 0 aliphatic heterocycles. The maximum Gasteiger partial charge on any atom is 0.170 e. The zero-order valence-electron chi connectivity index (χ0n) is 7.79. The average Bonchev–Trinajstić information content (AvgIpc) is 2.97. The molecule has 0 bridgehead atoms. The highest BCUT2D eigenvalue weighted by atomic mass is 35.5. The van der Waals surface area contributed by atoms with Crippen LogP contribution in [0.1, 0.15) is 23.2 Å². The van der Waals surface area contributed by atoms with Gasteiger partial charge in [0.25, 0.3) is 0 Å². The van der Waals surface area contributed by atoms with E-state index < -0.39 is 0 Å². The molecule has 1 fully saturated rings. The Morgan fingerprint density at radius 1 is 1.50 bits per heavy atom. The summed E-state index contributed by atoms with van der Waals surface area (Å²) >= 11 is 5.82. The molecule has 2 N–H and O–H groups in total. The second-order valence-electron chi connectivity index (χ2n) is 3.82. The summed E-state index contributed by atoms with van der Waals surface area (Å²) in [7, 11) is 0. The fraction of sp³-hybridized carbons (Fsp3) is 0.364. The lowest BCUT2D eigenvalue weighted by molar-refractivity contribution is 0.0905. The van der Waals surface area contributed by atoms with E-state index in [2.05, 4.69) is 0 Å². The van der Waals surface area contributed by atoms with E-state index in [1.165, 1.54) is 0 Å². The molecule has 0 spiro atoms. The number of carbonyl (C=O) groups is 1. The summed E-state index contributed by atoms with van der Waals surface area (Å²) in [6, 6.07) is 7.06. The molecule has 2 rings (SSSR count). The van der Waals surface area contributed by atoms with Gasteiger partial charge in [0, 0.05) is 22.5 Å². The number of ketones is 1. The van der Waals surface area contributed by atoms with Crippen molar-refractivity contribution in [2.45, 2.75) is 12.8 Å². The van der Waals surface area contributed by atoms with E-state index in [1.807, 2.05) is 0 Å². The molecule has 2 nitrogen and oxygen atoms in total. The van der Waals surface area contributed by atoms with Crippen molar-refractivity contribution in [3.8, 4) is 0 Å². The fourth-order valence-corrected chi connectivity index (χ4v) is 1.80. The van der Waals surface area contributed by atoms with Crippen molar-refractivity contribution in [2.75, 3.05) is 6.54 Å². The van der Waals surface area contributed by atoms with Gasteiger partial charge in [-0.05, 0) is 25.0 Å². The molecule has 0 atom stereocenters. The van der Waals surface area contributed by atoms with Gasteiger partial charge in [0.1, 0.15) is 0 Å². The van der Waals surface area contributed by atoms with Crippen LogP contribution in [0.2, 0.25) is 5.02 Å². The van der Waals surface area contributed by atoms with Gasteiger partial charge in [0.05, 0.1) is 0 Å². The van der Waals surface area contributed by atoms with Crippen molar-refractivity contribution in [1.82, 2.24) is 0 Å². The van der Waals surface area contributed by atoms with E-state index in [0.29, 0.717) is 17.1 Å². The van der Waals surface area contributed by atoms with Gasteiger partial charge in [-0.1, -0.05) is 23.7 Å². The Labute approximate surface area is 88.1 Å². The summed E-state index contributed by atoms with van der Waals surface area (Å²) in [5.41, 5.74) is 6.00. The number of hydrogen-bond donors (Lipinski definition) is 1. The first-order chi connectivity index (χ1) is 6.68. The van der Waals surface area contributed by atoms with E-state index in [0.717, 1.165) is 12.8 Å². The fourth-order valence-electron chi connectivity index (χ4n) is 1.61. The van der Waals surface area contributed by atoms with Crippen LogP contribution in [-0.2, 0) is 0 Å². The Kier molecular flexibility index (Phi) is 2.33. The van der Waals surface area contributed by atoms with Crippen molar-refractivity contribution >= 4 is 17.4 Å². The number of benzene rings is 1. The summed E-state index contributed by atoms with van der Waals surface area (Å²) < 4.78 is 0. The monoisotopic (exact) mass is 209 g/mol. The largest absolute Gasteiger partial charge is 0.329 e. The zero-order chi connectivity index (χ0) is 10.2. The van der Waals surface area contributed by atoms with E-state index >= 15 is 0 Å². The molecular weight excluding hydrogens is 198 g/mol. The van der Waals surface area contributed by atoms with Crippen molar-refractivity contribution < 1.29 is 4.79 Å². The van der Waals surface area contributed by atoms with Gasteiger partial charge in [-0.2, -0.15) is 0 Å². The molecule has 0 heterocycles. The molecule has 1 aromatic rings. The Morgan fingerprint density at radius 3 is 2.71 bits per heavy atom.